The van der Waals surface area contributed by atoms with Crippen molar-refractivity contribution in [1.29, 1.82) is 0 Å². The van der Waals surface area contributed by atoms with Gasteiger partial charge < -0.3 is 15.5 Å². The Morgan fingerprint density at radius 3 is 2.54 bits per heavy atom. The number of oxazole rings is 1. The van der Waals surface area contributed by atoms with E-state index < -0.39 is 0 Å². The number of anilines is 3. The van der Waals surface area contributed by atoms with Crippen molar-refractivity contribution in [1.82, 2.24) is 19.9 Å². The Balaban J connectivity index is 1.72. The number of aromatic nitrogens is 4. The largest absolute Gasteiger partial charge is 0.437 e. The summed E-state index contributed by atoms with van der Waals surface area (Å²) in [7, 11) is 0. The van der Waals surface area contributed by atoms with Gasteiger partial charge in [0.25, 0.3) is 5.22 Å². The summed E-state index contributed by atoms with van der Waals surface area (Å²) in [6, 6.07) is 5.86. The van der Waals surface area contributed by atoms with Crippen LogP contribution in [0.5, 0.6) is 0 Å². The highest BCUT2D eigenvalue weighted by Crippen LogP contribution is 2.23. The monoisotopic (exact) mass is 346 g/mol. The quantitative estimate of drug-likeness (QED) is 0.679. The van der Waals surface area contributed by atoms with Crippen LogP contribution in [0.15, 0.2) is 33.9 Å². The fourth-order valence-corrected chi connectivity index (χ4v) is 2.62. The van der Waals surface area contributed by atoms with Crippen molar-refractivity contribution < 1.29 is 8.81 Å². The smallest absolute Gasteiger partial charge is 0.256 e. The number of nitrogens with one attached hydrogen (secondary N) is 1. The van der Waals surface area contributed by atoms with E-state index in [2.05, 4.69) is 25.3 Å². The molecule has 1 aromatic carbocycles. The average molecular weight is 346 g/mol. The van der Waals surface area contributed by atoms with Crippen molar-refractivity contribution in [2.45, 2.75) is 24.8 Å². The second-order valence-corrected chi connectivity index (χ2v) is 5.90. The second-order valence-electron chi connectivity index (χ2n) is 4.98. The number of halogens is 1. The molecule has 3 aromatic rings. The normalized spacial score (nSPS) is 10.8. The minimum Gasteiger partial charge on any atom is -0.437 e. The highest BCUT2D eigenvalue weighted by atomic mass is 32.2. The van der Waals surface area contributed by atoms with Gasteiger partial charge in [0.05, 0.1) is 11.4 Å². The molecule has 0 aliphatic carbocycles. The lowest BCUT2D eigenvalue weighted by Gasteiger charge is -2.06. The molecule has 0 aliphatic rings. The fraction of sp³-hybridized carbons (Fsp3) is 0.200. The zero-order valence-electron chi connectivity index (χ0n) is 13.1. The zero-order chi connectivity index (χ0) is 17.1. The number of nitrogen functional groups attached to an aromatic ring is 1. The molecule has 24 heavy (non-hydrogen) atoms. The Kier molecular flexibility index (Phi) is 4.61. The van der Waals surface area contributed by atoms with Gasteiger partial charge in [-0.1, -0.05) is 11.8 Å². The van der Waals surface area contributed by atoms with Gasteiger partial charge in [0, 0.05) is 5.69 Å². The minimum absolute atomic E-state index is 0.102. The number of rotatable bonds is 5. The summed E-state index contributed by atoms with van der Waals surface area (Å²) in [6.45, 7) is 3.74. The summed E-state index contributed by atoms with van der Waals surface area (Å²) in [5, 5.41) is 3.52. The highest BCUT2D eigenvalue weighted by molar-refractivity contribution is 7.98. The molecule has 0 saturated heterocycles. The van der Waals surface area contributed by atoms with Crippen LogP contribution >= 0.6 is 11.8 Å². The van der Waals surface area contributed by atoms with Crippen molar-refractivity contribution in [3.8, 4) is 0 Å². The van der Waals surface area contributed by atoms with Crippen molar-refractivity contribution in [3.63, 3.8) is 0 Å². The van der Waals surface area contributed by atoms with E-state index in [-0.39, 0.29) is 11.8 Å². The molecule has 2 aromatic heterocycles. The number of hydrogen-bond donors (Lipinski definition) is 2. The molecule has 3 N–H and O–H groups in total. The molecule has 0 bridgehead atoms. The van der Waals surface area contributed by atoms with E-state index in [1.165, 1.54) is 23.9 Å². The van der Waals surface area contributed by atoms with Gasteiger partial charge >= 0.3 is 0 Å². The zero-order valence-corrected chi connectivity index (χ0v) is 13.9. The van der Waals surface area contributed by atoms with E-state index >= 15 is 0 Å². The first-order valence-electron chi connectivity index (χ1n) is 7.09. The summed E-state index contributed by atoms with van der Waals surface area (Å²) in [5.74, 6) is 1.79. The van der Waals surface area contributed by atoms with Crippen LogP contribution in [0.2, 0.25) is 0 Å². The molecular formula is C15H15FN6OS. The summed E-state index contributed by atoms with van der Waals surface area (Å²) in [6.07, 6.45) is 0. The lowest BCUT2D eigenvalue weighted by atomic mass is 10.3. The van der Waals surface area contributed by atoms with Gasteiger partial charge in [0.1, 0.15) is 17.4 Å². The Hall–Kier alpha value is -2.68. The Morgan fingerprint density at radius 2 is 1.88 bits per heavy atom. The molecule has 0 atom stereocenters. The van der Waals surface area contributed by atoms with Gasteiger partial charge in [0.2, 0.25) is 11.9 Å². The van der Waals surface area contributed by atoms with Crippen LogP contribution in [-0.4, -0.2) is 19.9 Å². The van der Waals surface area contributed by atoms with Gasteiger partial charge in [-0.25, -0.2) is 9.37 Å². The first kappa shape index (κ1) is 16.2. The number of benzene rings is 1. The van der Waals surface area contributed by atoms with E-state index in [0.29, 0.717) is 28.4 Å². The lowest BCUT2D eigenvalue weighted by Crippen LogP contribution is -2.06. The number of aryl methyl sites for hydroxylation is 2. The number of hydrogen-bond acceptors (Lipinski definition) is 8. The van der Waals surface area contributed by atoms with Crippen LogP contribution in [-0.2, 0) is 5.75 Å². The van der Waals surface area contributed by atoms with E-state index in [1.807, 2.05) is 13.8 Å². The molecule has 0 fully saturated rings. The third-order valence-electron chi connectivity index (χ3n) is 3.13. The van der Waals surface area contributed by atoms with E-state index in [1.54, 1.807) is 12.1 Å². The van der Waals surface area contributed by atoms with Crippen LogP contribution in [0.3, 0.4) is 0 Å². The molecule has 0 saturated carbocycles. The maximum atomic E-state index is 12.9. The molecular weight excluding hydrogens is 331 g/mol. The summed E-state index contributed by atoms with van der Waals surface area (Å²) >= 11 is 1.37. The molecule has 124 valence electrons. The van der Waals surface area contributed by atoms with Gasteiger partial charge in [-0.15, -0.1) is 0 Å². The van der Waals surface area contributed by atoms with E-state index in [4.69, 9.17) is 10.2 Å². The molecule has 0 radical (unpaired) electrons. The van der Waals surface area contributed by atoms with E-state index in [0.717, 1.165) is 11.5 Å². The second kappa shape index (κ2) is 6.83. The lowest BCUT2D eigenvalue weighted by molar-refractivity contribution is 0.431. The van der Waals surface area contributed by atoms with Crippen molar-refractivity contribution in [2.24, 2.45) is 0 Å². The summed E-state index contributed by atoms with van der Waals surface area (Å²) in [5.41, 5.74) is 7.23. The van der Waals surface area contributed by atoms with Crippen molar-refractivity contribution >= 4 is 29.3 Å². The standard InChI is InChI=1S/C15H15FN6OS/c1-8-9(2)23-15(18-8)24-7-12-20-13(17)22-14(21-12)19-11-5-3-10(16)4-6-11/h3-6H,7H2,1-2H3,(H3,17,19,20,21,22). The highest BCUT2D eigenvalue weighted by Gasteiger charge is 2.10. The first-order valence-corrected chi connectivity index (χ1v) is 8.08. The third kappa shape index (κ3) is 3.99. The molecule has 0 amide bonds. The summed E-state index contributed by atoms with van der Waals surface area (Å²) < 4.78 is 18.4. The van der Waals surface area contributed by atoms with Crippen LogP contribution in [0.1, 0.15) is 17.3 Å². The van der Waals surface area contributed by atoms with Crippen LogP contribution in [0.25, 0.3) is 0 Å². The summed E-state index contributed by atoms with van der Waals surface area (Å²) in [4.78, 5) is 16.7. The Morgan fingerprint density at radius 1 is 1.12 bits per heavy atom. The minimum atomic E-state index is -0.315. The molecule has 0 aliphatic heterocycles. The fourth-order valence-electron chi connectivity index (χ4n) is 1.85. The first-order chi connectivity index (χ1) is 11.5. The molecule has 9 heteroatoms. The number of nitrogens with zero attached hydrogens (tertiary/aromatic N) is 4. The molecule has 7 nitrogen and oxygen atoms in total. The van der Waals surface area contributed by atoms with Gasteiger partial charge in [-0.2, -0.15) is 15.0 Å². The molecule has 2 heterocycles. The van der Waals surface area contributed by atoms with Crippen LogP contribution in [0, 0.1) is 19.7 Å². The predicted octanol–water partition coefficient (Wildman–Crippen LogP) is 3.23. The van der Waals surface area contributed by atoms with Crippen molar-refractivity contribution in [3.05, 3.63) is 47.4 Å². The molecule has 0 spiro atoms. The van der Waals surface area contributed by atoms with Gasteiger partial charge in [-0.05, 0) is 38.1 Å². The van der Waals surface area contributed by atoms with Crippen LogP contribution < -0.4 is 11.1 Å². The maximum absolute atomic E-state index is 12.9. The predicted molar refractivity (Wildman–Crippen MR) is 89.5 cm³/mol. The average Bonchev–Trinajstić information content (AvgIpc) is 2.86. The Bertz CT molecular complexity index is 832. The maximum Gasteiger partial charge on any atom is 0.256 e. The topological polar surface area (TPSA) is 103 Å². The Labute approximate surface area is 141 Å². The third-order valence-corrected chi connectivity index (χ3v) is 3.96. The van der Waals surface area contributed by atoms with Crippen LogP contribution in [0.4, 0.5) is 22.0 Å². The van der Waals surface area contributed by atoms with Crippen molar-refractivity contribution in [2.75, 3.05) is 11.1 Å². The van der Waals surface area contributed by atoms with Gasteiger partial charge in [-0.3, -0.25) is 0 Å². The molecule has 3 rings (SSSR count). The SMILES string of the molecule is Cc1nc(SCc2nc(N)nc(Nc3ccc(F)cc3)n2)oc1C. The number of thioether (sulfide) groups is 1. The molecule has 0 unspecified atom stereocenters. The van der Waals surface area contributed by atoms with E-state index in [9.17, 15) is 4.39 Å². The number of nitrogens with two attached hydrogens (primary N) is 1. The van der Waals surface area contributed by atoms with Gasteiger partial charge in [0.15, 0.2) is 0 Å².